The number of rotatable bonds is 3. The van der Waals surface area contributed by atoms with Gasteiger partial charge in [0.1, 0.15) is 0 Å². The molecule has 1 aliphatic heterocycles. The number of aryl methyl sites for hydroxylation is 1. The molecule has 28 heavy (non-hydrogen) atoms. The average Bonchev–Trinajstić information content (AvgIpc) is 2.97. The largest absolute Gasteiger partial charge is 0.318 e. The van der Waals surface area contributed by atoms with Gasteiger partial charge in [-0.05, 0) is 74.7 Å². The van der Waals surface area contributed by atoms with Crippen LogP contribution in [0.3, 0.4) is 0 Å². The van der Waals surface area contributed by atoms with Gasteiger partial charge in [0.25, 0.3) is 0 Å². The molecule has 1 aliphatic rings. The van der Waals surface area contributed by atoms with E-state index in [1.54, 1.807) is 6.07 Å². The van der Waals surface area contributed by atoms with E-state index in [1.165, 1.54) is 39.9 Å². The van der Waals surface area contributed by atoms with Crippen molar-refractivity contribution in [2.75, 3.05) is 13.6 Å². The smallest absolute Gasteiger partial charge is 0.159 e. The van der Waals surface area contributed by atoms with Gasteiger partial charge in [-0.1, -0.05) is 24.6 Å². The van der Waals surface area contributed by atoms with E-state index in [-0.39, 0.29) is 0 Å². The Balaban J connectivity index is 1.95. The molecule has 0 aliphatic carbocycles. The molecule has 0 spiro atoms. The van der Waals surface area contributed by atoms with Gasteiger partial charge in [0.15, 0.2) is 11.6 Å². The highest BCUT2D eigenvalue weighted by Crippen LogP contribution is 2.39. The number of hydrogen-bond donors (Lipinski definition) is 0. The van der Waals surface area contributed by atoms with Crippen LogP contribution in [-0.4, -0.2) is 23.1 Å². The van der Waals surface area contributed by atoms with Crippen LogP contribution < -0.4 is 0 Å². The molecular formula is C24H26F2N2. The number of likely N-dealkylation sites (N-methyl/N-ethyl adjacent to an activating group) is 1. The summed E-state index contributed by atoms with van der Waals surface area (Å²) in [4.78, 5) is 2.41. The third kappa shape index (κ3) is 3.06. The summed E-state index contributed by atoms with van der Waals surface area (Å²) < 4.78 is 29.4. The van der Waals surface area contributed by atoms with Crippen LogP contribution in [0.25, 0.3) is 22.7 Å². The second kappa shape index (κ2) is 7.17. The maximum absolute atomic E-state index is 13.7. The molecule has 0 N–H and O–H groups in total. The summed E-state index contributed by atoms with van der Waals surface area (Å²) in [5.74, 6) is -1.63. The molecule has 2 nitrogen and oxygen atoms in total. The van der Waals surface area contributed by atoms with Gasteiger partial charge in [0, 0.05) is 23.8 Å². The fraction of sp³-hybridized carbons (Fsp3) is 0.333. The summed E-state index contributed by atoms with van der Waals surface area (Å²) in [7, 11) is 2.18. The van der Waals surface area contributed by atoms with Gasteiger partial charge in [0.2, 0.25) is 0 Å². The molecule has 0 radical (unpaired) electrons. The topological polar surface area (TPSA) is 8.17 Å². The fourth-order valence-electron chi connectivity index (χ4n) is 4.45. The summed E-state index contributed by atoms with van der Waals surface area (Å²) in [6.07, 6.45) is 4.12. The lowest BCUT2D eigenvalue weighted by Gasteiger charge is -2.33. The molecule has 0 saturated carbocycles. The van der Waals surface area contributed by atoms with Crippen LogP contribution in [-0.2, 0) is 6.42 Å². The molecule has 4 rings (SSSR count). The second-order valence-electron chi connectivity index (χ2n) is 7.85. The van der Waals surface area contributed by atoms with Crippen molar-refractivity contribution in [3.8, 4) is 0 Å². The fourth-order valence-corrected chi connectivity index (χ4v) is 4.45. The van der Waals surface area contributed by atoms with Gasteiger partial charge >= 0.3 is 0 Å². The summed E-state index contributed by atoms with van der Waals surface area (Å²) in [5.41, 5.74) is 6.75. The number of allylic oxidation sites excluding steroid dienone is 1. The van der Waals surface area contributed by atoms with E-state index in [1.807, 2.05) is 6.92 Å². The molecule has 2 aromatic carbocycles. The van der Waals surface area contributed by atoms with E-state index in [9.17, 15) is 8.78 Å². The maximum atomic E-state index is 13.7. The zero-order chi connectivity index (χ0) is 20.0. The Labute approximate surface area is 165 Å². The zero-order valence-corrected chi connectivity index (χ0v) is 16.9. The van der Waals surface area contributed by atoms with Crippen LogP contribution in [0, 0.1) is 18.6 Å². The van der Waals surface area contributed by atoms with Crippen LogP contribution in [0.4, 0.5) is 8.78 Å². The Morgan fingerprint density at radius 2 is 1.93 bits per heavy atom. The molecule has 0 amide bonds. The first-order valence-corrected chi connectivity index (χ1v) is 9.88. The first-order chi connectivity index (χ1) is 13.4. The Kier molecular flexibility index (Phi) is 4.84. The first-order valence-electron chi connectivity index (χ1n) is 9.88. The number of fused-ring (bicyclic) bond motifs is 3. The second-order valence-corrected chi connectivity index (χ2v) is 7.85. The number of halogens is 2. The standard InChI is InChI=1S/C24H26F2N2/c1-5-22-24-18(10-11-27(22)4)19-12-15(2)6-9-23(19)28(24)14-16(3)17-7-8-20(25)21(26)13-17/h6-9,12-14,22H,5,10-11H2,1-4H3/b16-14+. The number of benzene rings is 2. The van der Waals surface area contributed by atoms with E-state index in [4.69, 9.17) is 0 Å². The van der Waals surface area contributed by atoms with Crippen molar-refractivity contribution < 1.29 is 8.78 Å². The lowest BCUT2D eigenvalue weighted by atomic mass is 9.96. The van der Waals surface area contributed by atoms with Crippen molar-refractivity contribution in [2.24, 2.45) is 0 Å². The average molecular weight is 380 g/mol. The SMILES string of the molecule is CCC1c2c(c3cc(C)ccc3n2/C=C(\C)c2ccc(F)c(F)c2)CCN1C. The van der Waals surface area contributed by atoms with E-state index >= 15 is 0 Å². The molecule has 3 aromatic rings. The van der Waals surface area contributed by atoms with Crippen molar-refractivity contribution >= 4 is 22.7 Å². The quantitative estimate of drug-likeness (QED) is 0.526. The van der Waals surface area contributed by atoms with Gasteiger partial charge in [0.05, 0.1) is 11.6 Å². The predicted octanol–water partition coefficient (Wildman–Crippen LogP) is 6.18. The zero-order valence-electron chi connectivity index (χ0n) is 16.9. The Bertz CT molecular complexity index is 1080. The monoisotopic (exact) mass is 380 g/mol. The Morgan fingerprint density at radius 1 is 1.14 bits per heavy atom. The highest BCUT2D eigenvalue weighted by Gasteiger charge is 2.29. The van der Waals surface area contributed by atoms with Crippen molar-refractivity contribution in [3.63, 3.8) is 0 Å². The van der Waals surface area contributed by atoms with Gasteiger partial charge in [-0.2, -0.15) is 0 Å². The van der Waals surface area contributed by atoms with E-state index in [0.717, 1.165) is 25.0 Å². The van der Waals surface area contributed by atoms with E-state index in [2.05, 4.69) is 54.8 Å². The minimum absolute atomic E-state index is 0.338. The lowest BCUT2D eigenvalue weighted by Crippen LogP contribution is -2.32. The van der Waals surface area contributed by atoms with E-state index < -0.39 is 11.6 Å². The van der Waals surface area contributed by atoms with Crippen LogP contribution >= 0.6 is 0 Å². The van der Waals surface area contributed by atoms with Crippen molar-refractivity contribution in [2.45, 2.75) is 39.7 Å². The molecule has 4 heteroatoms. The van der Waals surface area contributed by atoms with Crippen molar-refractivity contribution in [1.29, 1.82) is 0 Å². The number of aromatic nitrogens is 1. The molecule has 146 valence electrons. The third-order valence-corrected chi connectivity index (χ3v) is 5.95. The highest BCUT2D eigenvalue weighted by molar-refractivity contribution is 5.90. The van der Waals surface area contributed by atoms with Gasteiger partial charge in [-0.25, -0.2) is 8.78 Å². The molecule has 1 unspecified atom stereocenters. The molecule has 2 heterocycles. The molecule has 1 aromatic heterocycles. The van der Waals surface area contributed by atoms with Crippen LogP contribution in [0.1, 0.15) is 48.7 Å². The van der Waals surface area contributed by atoms with E-state index in [0.29, 0.717) is 11.6 Å². The molecular weight excluding hydrogens is 354 g/mol. The summed E-state index contributed by atoms with van der Waals surface area (Å²) in [5, 5.41) is 1.30. The maximum Gasteiger partial charge on any atom is 0.159 e. The molecule has 0 fully saturated rings. The Hall–Kier alpha value is -2.46. The minimum Gasteiger partial charge on any atom is -0.318 e. The first kappa shape index (κ1) is 18.9. The van der Waals surface area contributed by atoms with Gasteiger partial charge in [-0.3, -0.25) is 4.90 Å². The number of hydrogen-bond acceptors (Lipinski definition) is 1. The molecule has 0 bridgehead atoms. The Morgan fingerprint density at radius 3 is 2.64 bits per heavy atom. The minimum atomic E-state index is -0.816. The molecule has 0 saturated heterocycles. The summed E-state index contributed by atoms with van der Waals surface area (Å²) >= 11 is 0. The van der Waals surface area contributed by atoms with Crippen molar-refractivity contribution in [3.05, 3.63) is 70.4 Å². The van der Waals surface area contributed by atoms with Crippen LogP contribution in [0.2, 0.25) is 0 Å². The normalized spacial score (nSPS) is 17.9. The van der Waals surface area contributed by atoms with Gasteiger partial charge < -0.3 is 4.57 Å². The van der Waals surface area contributed by atoms with Crippen LogP contribution in [0.5, 0.6) is 0 Å². The highest BCUT2D eigenvalue weighted by atomic mass is 19.2. The summed E-state index contributed by atoms with van der Waals surface area (Å²) in [6.45, 7) is 7.34. The van der Waals surface area contributed by atoms with Crippen molar-refractivity contribution in [1.82, 2.24) is 9.47 Å². The third-order valence-electron chi connectivity index (χ3n) is 5.95. The van der Waals surface area contributed by atoms with Gasteiger partial charge in [-0.15, -0.1) is 0 Å². The predicted molar refractivity (Wildman–Crippen MR) is 112 cm³/mol. The molecule has 1 atom stereocenters. The summed E-state index contributed by atoms with van der Waals surface area (Å²) in [6, 6.07) is 11.0. The van der Waals surface area contributed by atoms with Crippen LogP contribution in [0.15, 0.2) is 36.4 Å². The lowest BCUT2D eigenvalue weighted by molar-refractivity contribution is 0.220. The number of nitrogens with zero attached hydrogens (tertiary/aromatic N) is 2.